The van der Waals surface area contributed by atoms with Gasteiger partial charge in [-0.25, -0.2) is 4.98 Å². The number of aliphatic hydroxyl groups is 1. The molecule has 100 valence electrons. The number of anilines is 2. The fraction of sp³-hybridized carbons (Fsp3) is 0.429. The highest BCUT2D eigenvalue weighted by Gasteiger charge is 2.19. The molecule has 0 aliphatic carbocycles. The van der Waals surface area contributed by atoms with Crippen LogP contribution >= 0.6 is 0 Å². The average Bonchev–Trinajstić information content (AvgIpc) is 2.47. The van der Waals surface area contributed by atoms with Gasteiger partial charge in [-0.2, -0.15) is 0 Å². The van der Waals surface area contributed by atoms with Crippen LogP contribution in [0.4, 0.5) is 11.5 Å². The van der Waals surface area contributed by atoms with E-state index in [1.54, 1.807) is 6.20 Å². The van der Waals surface area contributed by atoms with Gasteiger partial charge in [0.1, 0.15) is 5.82 Å². The van der Waals surface area contributed by atoms with Crippen LogP contribution in [0.5, 0.6) is 0 Å². The number of aliphatic hydroxyl groups excluding tert-OH is 1. The highest BCUT2D eigenvalue weighted by molar-refractivity contribution is 5.79. The topological polar surface area (TPSA) is 75.3 Å². The second kappa shape index (κ2) is 5.01. The maximum atomic E-state index is 9.16. The Balaban J connectivity index is 1.84. The zero-order chi connectivity index (χ0) is 13.2. The van der Waals surface area contributed by atoms with Crippen molar-refractivity contribution in [2.24, 2.45) is 5.92 Å². The van der Waals surface area contributed by atoms with Gasteiger partial charge in [0.25, 0.3) is 0 Å². The zero-order valence-electron chi connectivity index (χ0n) is 10.8. The number of nitrogens with zero attached hydrogens (tertiary/aromatic N) is 3. The molecule has 0 amide bonds. The molecule has 2 aromatic rings. The molecule has 0 radical (unpaired) electrons. The van der Waals surface area contributed by atoms with Crippen LogP contribution in [0.25, 0.3) is 11.0 Å². The van der Waals surface area contributed by atoms with E-state index in [9.17, 15) is 0 Å². The number of piperidine rings is 1. The Morgan fingerprint density at radius 2 is 2.05 bits per heavy atom. The lowest BCUT2D eigenvalue weighted by atomic mass is 9.98. The average molecular weight is 258 g/mol. The Hall–Kier alpha value is -1.88. The monoisotopic (exact) mass is 258 g/mol. The van der Waals surface area contributed by atoms with Gasteiger partial charge in [0.05, 0.1) is 17.2 Å². The minimum atomic E-state index is 0.288. The number of hydrogen-bond donors (Lipinski definition) is 2. The van der Waals surface area contributed by atoms with E-state index in [-0.39, 0.29) is 6.61 Å². The van der Waals surface area contributed by atoms with Crippen LogP contribution in [0.2, 0.25) is 0 Å². The highest BCUT2D eigenvalue weighted by atomic mass is 16.3. The first kappa shape index (κ1) is 12.2. The molecule has 1 aliphatic rings. The van der Waals surface area contributed by atoms with Gasteiger partial charge in [0, 0.05) is 25.4 Å². The maximum Gasteiger partial charge on any atom is 0.147 e. The van der Waals surface area contributed by atoms with Gasteiger partial charge in [0.15, 0.2) is 0 Å². The summed E-state index contributed by atoms with van der Waals surface area (Å²) < 4.78 is 0. The van der Waals surface area contributed by atoms with Crippen LogP contribution in [-0.4, -0.2) is 34.8 Å². The van der Waals surface area contributed by atoms with E-state index in [0.29, 0.717) is 11.6 Å². The van der Waals surface area contributed by atoms with Crippen LogP contribution in [0.1, 0.15) is 12.8 Å². The summed E-state index contributed by atoms with van der Waals surface area (Å²) in [5.74, 6) is 1.35. The molecule has 0 unspecified atom stereocenters. The van der Waals surface area contributed by atoms with Crippen LogP contribution in [0.15, 0.2) is 24.4 Å². The Morgan fingerprint density at radius 3 is 2.79 bits per heavy atom. The van der Waals surface area contributed by atoms with Crippen molar-refractivity contribution >= 4 is 22.5 Å². The summed E-state index contributed by atoms with van der Waals surface area (Å²) in [4.78, 5) is 11.3. The lowest BCUT2D eigenvalue weighted by Gasteiger charge is -2.31. The summed E-state index contributed by atoms with van der Waals surface area (Å²) in [7, 11) is 0. The Bertz CT molecular complexity index is 579. The Morgan fingerprint density at radius 1 is 1.26 bits per heavy atom. The molecule has 1 fully saturated rings. The van der Waals surface area contributed by atoms with Crippen molar-refractivity contribution in [1.29, 1.82) is 0 Å². The largest absolute Gasteiger partial charge is 0.399 e. The minimum absolute atomic E-state index is 0.288. The molecule has 19 heavy (non-hydrogen) atoms. The molecule has 1 aromatic carbocycles. The molecule has 3 rings (SSSR count). The minimum Gasteiger partial charge on any atom is -0.399 e. The molecular weight excluding hydrogens is 240 g/mol. The highest BCUT2D eigenvalue weighted by Crippen LogP contribution is 2.23. The van der Waals surface area contributed by atoms with E-state index < -0.39 is 0 Å². The molecule has 3 N–H and O–H groups in total. The van der Waals surface area contributed by atoms with E-state index in [4.69, 9.17) is 10.8 Å². The third-order valence-electron chi connectivity index (χ3n) is 3.75. The third kappa shape index (κ3) is 2.46. The van der Waals surface area contributed by atoms with E-state index in [1.165, 1.54) is 0 Å². The van der Waals surface area contributed by atoms with E-state index >= 15 is 0 Å². The summed E-state index contributed by atoms with van der Waals surface area (Å²) in [6.07, 6.45) is 3.83. The Kier molecular flexibility index (Phi) is 3.21. The summed E-state index contributed by atoms with van der Waals surface area (Å²) in [5.41, 5.74) is 8.14. The first-order valence-electron chi connectivity index (χ1n) is 6.64. The molecule has 0 spiro atoms. The smallest absolute Gasteiger partial charge is 0.147 e. The lowest BCUT2D eigenvalue weighted by molar-refractivity contribution is 0.203. The normalized spacial score (nSPS) is 17.0. The number of benzene rings is 1. The fourth-order valence-corrected chi connectivity index (χ4v) is 2.51. The second-order valence-corrected chi connectivity index (χ2v) is 5.09. The summed E-state index contributed by atoms with van der Waals surface area (Å²) in [6.45, 7) is 2.15. The maximum absolute atomic E-state index is 9.16. The third-order valence-corrected chi connectivity index (χ3v) is 3.75. The van der Waals surface area contributed by atoms with Crippen LogP contribution in [0, 0.1) is 5.92 Å². The Labute approximate surface area is 112 Å². The number of rotatable bonds is 2. The van der Waals surface area contributed by atoms with Crippen molar-refractivity contribution in [3.8, 4) is 0 Å². The lowest BCUT2D eigenvalue weighted by Crippen LogP contribution is -2.35. The van der Waals surface area contributed by atoms with Crippen molar-refractivity contribution in [2.75, 3.05) is 30.3 Å². The predicted octanol–water partition coefficient (Wildman–Crippen LogP) is 1.42. The van der Waals surface area contributed by atoms with E-state index in [2.05, 4.69) is 14.9 Å². The number of nitrogens with two attached hydrogens (primary N) is 1. The molecule has 2 heterocycles. The quantitative estimate of drug-likeness (QED) is 0.797. The van der Waals surface area contributed by atoms with Crippen molar-refractivity contribution in [3.05, 3.63) is 24.4 Å². The molecule has 0 bridgehead atoms. The van der Waals surface area contributed by atoms with Crippen LogP contribution < -0.4 is 10.6 Å². The van der Waals surface area contributed by atoms with Crippen molar-refractivity contribution < 1.29 is 5.11 Å². The van der Waals surface area contributed by atoms with Gasteiger partial charge in [-0.15, -0.1) is 0 Å². The van der Waals surface area contributed by atoms with E-state index in [1.807, 2.05) is 18.2 Å². The molecule has 1 aromatic heterocycles. The molecule has 1 aliphatic heterocycles. The summed E-state index contributed by atoms with van der Waals surface area (Å²) in [6, 6.07) is 5.59. The van der Waals surface area contributed by atoms with Gasteiger partial charge in [-0.3, -0.25) is 4.98 Å². The molecule has 0 atom stereocenters. The van der Waals surface area contributed by atoms with Crippen LogP contribution in [0.3, 0.4) is 0 Å². The van der Waals surface area contributed by atoms with Gasteiger partial charge in [-0.05, 0) is 37.0 Å². The van der Waals surface area contributed by atoms with E-state index in [0.717, 1.165) is 42.8 Å². The first-order chi connectivity index (χ1) is 9.26. The molecular formula is C14H18N4O. The number of hydrogen-bond acceptors (Lipinski definition) is 5. The molecule has 1 saturated heterocycles. The summed E-state index contributed by atoms with van der Waals surface area (Å²) >= 11 is 0. The number of nitrogen functional groups attached to an aromatic ring is 1. The van der Waals surface area contributed by atoms with Crippen molar-refractivity contribution in [2.45, 2.75) is 12.8 Å². The fourth-order valence-electron chi connectivity index (χ4n) is 2.51. The van der Waals surface area contributed by atoms with Gasteiger partial charge < -0.3 is 15.7 Å². The first-order valence-corrected chi connectivity index (χ1v) is 6.64. The van der Waals surface area contributed by atoms with Gasteiger partial charge in [0.2, 0.25) is 0 Å². The number of aromatic nitrogens is 2. The molecule has 5 nitrogen and oxygen atoms in total. The van der Waals surface area contributed by atoms with Gasteiger partial charge >= 0.3 is 0 Å². The second-order valence-electron chi connectivity index (χ2n) is 5.09. The summed E-state index contributed by atoms with van der Waals surface area (Å²) in [5, 5.41) is 9.16. The van der Waals surface area contributed by atoms with Crippen molar-refractivity contribution in [3.63, 3.8) is 0 Å². The molecule has 0 saturated carbocycles. The zero-order valence-corrected chi connectivity index (χ0v) is 10.8. The van der Waals surface area contributed by atoms with Crippen molar-refractivity contribution in [1.82, 2.24) is 9.97 Å². The van der Waals surface area contributed by atoms with Gasteiger partial charge in [-0.1, -0.05) is 0 Å². The SMILES string of the molecule is Nc1ccc2nc(N3CCC(CO)CC3)cnc2c1. The molecule has 5 heteroatoms. The standard InChI is InChI=1S/C14H18N4O/c15-11-1-2-12-13(7-11)16-8-14(17-12)18-5-3-10(9-19)4-6-18/h1-2,7-8,10,19H,3-6,9,15H2. The number of fused-ring (bicyclic) bond motifs is 1. The van der Waals surface area contributed by atoms with Crippen LogP contribution in [-0.2, 0) is 0 Å². The predicted molar refractivity (Wildman–Crippen MR) is 76.0 cm³/mol.